The van der Waals surface area contributed by atoms with E-state index in [1.807, 2.05) is 0 Å². The van der Waals surface area contributed by atoms with Crippen molar-refractivity contribution in [1.29, 1.82) is 0 Å². The molecule has 0 aliphatic heterocycles. The summed E-state index contributed by atoms with van der Waals surface area (Å²) in [5.41, 5.74) is -0.773. The normalized spacial score (nSPS) is 13.2. The number of hydrogen-bond acceptors (Lipinski definition) is 3. The number of hydrogen-bond donors (Lipinski definition) is 3. The summed E-state index contributed by atoms with van der Waals surface area (Å²) in [6.45, 7) is 1.14. The Morgan fingerprint density at radius 3 is 2.23 bits per heavy atom. The lowest BCUT2D eigenvalue weighted by Gasteiger charge is -2.21. The number of carboxylic acids is 1. The van der Waals surface area contributed by atoms with Crippen LogP contribution in [0.3, 0.4) is 0 Å². The number of nitrogens with one attached hydrogen (secondary N) is 2. The number of alkyl halides is 3. The van der Waals surface area contributed by atoms with Gasteiger partial charge in [-0.2, -0.15) is 13.2 Å². The van der Waals surface area contributed by atoms with Gasteiger partial charge >= 0.3 is 12.1 Å². The summed E-state index contributed by atoms with van der Waals surface area (Å²) in [7, 11) is 0. The Hall–Kier alpha value is -3.43. The maximum atomic E-state index is 13.9. The van der Waals surface area contributed by atoms with Crippen LogP contribution in [-0.4, -0.2) is 35.0 Å². The molecule has 2 atom stereocenters. The van der Waals surface area contributed by atoms with Gasteiger partial charge in [0.25, 0.3) is 0 Å². The fourth-order valence-corrected chi connectivity index (χ4v) is 2.92. The van der Waals surface area contributed by atoms with Gasteiger partial charge in [-0.3, -0.25) is 9.59 Å². The number of halogens is 4. The Kier molecular flexibility index (Phi) is 7.73. The van der Waals surface area contributed by atoms with Crippen molar-refractivity contribution in [3.05, 3.63) is 71.0 Å². The van der Waals surface area contributed by atoms with Crippen molar-refractivity contribution in [1.82, 2.24) is 10.6 Å². The van der Waals surface area contributed by atoms with E-state index in [0.717, 1.165) is 25.1 Å². The Balaban J connectivity index is 2.19. The van der Waals surface area contributed by atoms with Gasteiger partial charge in [-0.1, -0.05) is 36.4 Å². The van der Waals surface area contributed by atoms with Gasteiger partial charge in [0, 0.05) is 19.8 Å². The molecule has 3 N–H and O–H groups in total. The second-order valence-electron chi connectivity index (χ2n) is 6.85. The van der Waals surface area contributed by atoms with Crippen LogP contribution in [0.15, 0.2) is 48.5 Å². The third kappa shape index (κ3) is 7.09. The van der Waals surface area contributed by atoms with Crippen LogP contribution in [-0.2, 0) is 33.4 Å². The van der Waals surface area contributed by atoms with Crippen LogP contribution in [0.2, 0.25) is 0 Å². The van der Waals surface area contributed by atoms with E-state index in [2.05, 4.69) is 10.6 Å². The van der Waals surface area contributed by atoms with Crippen molar-refractivity contribution in [2.24, 2.45) is 0 Å². The SMILES string of the molecule is CC(=O)N[C@@H](Cc1ccccc1F)C(=O)N[C@H](Cc1cccc(C(F)(F)F)c1)C(=O)O. The highest BCUT2D eigenvalue weighted by Gasteiger charge is 2.31. The van der Waals surface area contributed by atoms with Gasteiger partial charge in [-0.05, 0) is 23.3 Å². The Morgan fingerprint density at radius 2 is 1.65 bits per heavy atom. The average molecular weight is 440 g/mol. The van der Waals surface area contributed by atoms with E-state index in [9.17, 15) is 37.1 Å². The summed E-state index contributed by atoms with van der Waals surface area (Å²) in [6.07, 6.45) is -5.26. The Bertz CT molecular complexity index is 962. The molecule has 10 heteroatoms. The molecular weight excluding hydrogens is 420 g/mol. The van der Waals surface area contributed by atoms with Crippen molar-refractivity contribution in [2.45, 2.75) is 38.0 Å². The number of rotatable bonds is 8. The average Bonchev–Trinajstić information content (AvgIpc) is 2.67. The smallest absolute Gasteiger partial charge is 0.416 e. The fraction of sp³-hybridized carbons (Fsp3) is 0.286. The van der Waals surface area contributed by atoms with Crippen LogP contribution < -0.4 is 10.6 Å². The van der Waals surface area contributed by atoms with E-state index < -0.39 is 53.8 Å². The van der Waals surface area contributed by atoms with Crippen LogP contribution >= 0.6 is 0 Å². The van der Waals surface area contributed by atoms with E-state index >= 15 is 0 Å². The second kappa shape index (κ2) is 10.1. The second-order valence-corrected chi connectivity index (χ2v) is 6.85. The third-order valence-electron chi connectivity index (χ3n) is 4.38. The first-order chi connectivity index (χ1) is 14.5. The molecule has 2 aromatic carbocycles. The van der Waals surface area contributed by atoms with Gasteiger partial charge in [0.05, 0.1) is 5.56 Å². The molecule has 0 saturated carbocycles. The molecule has 0 saturated heterocycles. The molecule has 0 aliphatic carbocycles. The molecule has 0 bridgehead atoms. The van der Waals surface area contributed by atoms with Crippen molar-refractivity contribution in [3.63, 3.8) is 0 Å². The van der Waals surface area contributed by atoms with Crippen molar-refractivity contribution >= 4 is 17.8 Å². The molecule has 2 rings (SSSR count). The van der Waals surface area contributed by atoms with Crippen LogP contribution in [0.4, 0.5) is 17.6 Å². The monoisotopic (exact) mass is 440 g/mol. The first-order valence-corrected chi connectivity index (χ1v) is 9.17. The van der Waals surface area contributed by atoms with Gasteiger partial charge < -0.3 is 15.7 Å². The summed E-state index contributed by atoms with van der Waals surface area (Å²) in [5, 5.41) is 14.0. The summed E-state index contributed by atoms with van der Waals surface area (Å²) in [4.78, 5) is 35.7. The van der Waals surface area contributed by atoms with E-state index in [1.165, 1.54) is 30.3 Å². The van der Waals surface area contributed by atoms with Crippen LogP contribution in [0.1, 0.15) is 23.6 Å². The largest absolute Gasteiger partial charge is 0.480 e. The minimum Gasteiger partial charge on any atom is -0.480 e. The quantitative estimate of drug-likeness (QED) is 0.550. The molecule has 2 aromatic rings. The van der Waals surface area contributed by atoms with Gasteiger partial charge in [0.2, 0.25) is 11.8 Å². The summed E-state index contributed by atoms with van der Waals surface area (Å²) in [6, 6.07) is 6.81. The Labute approximate surface area is 175 Å². The highest BCUT2D eigenvalue weighted by molar-refractivity contribution is 5.90. The van der Waals surface area contributed by atoms with E-state index in [1.54, 1.807) is 0 Å². The summed E-state index contributed by atoms with van der Waals surface area (Å²) in [5.74, 6) is -3.58. The lowest BCUT2D eigenvalue weighted by Crippen LogP contribution is -2.52. The van der Waals surface area contributed by atoms with Gasteiger partial charge in [0.1, 0.15) is 17.9 Å². The number of carbonyl (C=O) groups is 3. The number of benzene rings is 2. The lowest BCUT2D eigenvalue weighted by atomic mass is 10.0. The maximum Gasteiger partial charge on any atom is 0.416 e. The first-order valence-electron chi connectivity index (χ1n) is 9.17. The number of amides is 2. The number of aliphatic carboxylic acids is 1. The zero-order chi connectivity index (χ0) is 23.2. The molecule has 0 fully saturated rings. The number of carbonyl (C=O) groups excluding carboxylic acids is 2. The van der Waals surface area contributed by atoms with Crippen LogP contribution in [0.5, 0.6) is 0 Å². The molecular formula is C21H20F4N2O4. The van der Waals surface area contributed by atoms with E-state index in [0.29, 0.717) is 0 Å². The molecule has 2 amide bonds. The molecule has 0 unspecified atom stereocenters. The minimum absolute atomic E-state index is 0.0488. The molecule has 31 heavy (non-hydrogen) atoms. The van der Waals surface area contributed by atoms with Crippen LogP contribution in [0.25, 0.3) is 0 Å². The Morgan fingerprint density at radius 1 is 0.968 bits per heavy atom. The van der Waals surface area contributed by atoms with Gasteiger partial charge in [-0.15, -0.1) is 0 Å². The molecule has 6 nitrogen and oxygen atoms in total. The number of carboxylic acid groups (broad SMARTS) is 1. The van der Waals surface area contributed by atoms with Gasteiger partial charge in [0.15, 0.2) is 0 Å². The van der Waals surface area contributed by atoms with Crippen molar-refractivity contribution in [3.8, 4) is 0 Å². The predicted octanol–water partition coefficient (Wildman–Crippen LogP) is 2.70. The molecule has 0 heterocycles. The molecule has 0 radical (unpaired) electrons. The zero-order valence-corrected chi connectivity index (χ0v) is 16.4. The van der Waals surface area contributed by atoms with E-state index in [4.69, 9.17) is 0 Å². The highest BCUT2D eigenvalue weighted by atomic mass is 19.4. The lowest BCUT2D eigenvalue weighted by molar-refractivity contribution is -0.142. The van der Waals surface area contributed by atoms with Crippen LogP contribution in [0, 0.1) is 5.82 Å². The molecule has 0 aliphatic rings. The fourth-order valence-electron chi connectivity index (χ4n) is 2.92. The van der Waals surface area contributed by atoms with E-state index in [-0.39, 0.29) is 17.5 Å². The van der Waals surface area contributed by atoms with Gasteiger partial charge in [-0.25, -0.2) is 9.18 Å². The standard InChI is InChI=1S/C21H20F4N2O4/c1-12(28)26-17(11-14-6-2-3-8-16(14)22)19(29)27-18(20(30)31)10-13-5-4-7-15(9-13)21(23,24)25/h2-9,17-18H,10-11H2,1H3,(H,26,28)(H,27,29)(H,30,31)/t17-,18+/m0/s1. The first kappa shape index (κ1) is 23.8. The zero-order valence-electron chi connectivity index (χ0n) is 16.4. The molecule has 0 aromatic heterocycles. The van der Waals surface area contributed by atoms with Crippen molar-refractivity contribution < 1.29 is 37.1 Å². The summed E-state index contributed by atoms with van der Waals surface area (Å²) >= 11 is 0. The minimum atomic E-state index is -4.60. The molecule has 166 valence electrons. The van der Waals surface area contributed by atoms with Crippen molar-refractivity contribution in [2.75, 3.05) is 0 Å². The predicted molar refractivity (Wildman–Crippen MR) is 102 cm³/mol. The maximum absolute atomic E-state index is 13.9. The third-order valence-corrected chi connectivity index (χ3v) is 4.38. The summed E-state index contributed by atoms with van der Waals surface area (Å²) < 4.78 is 52.6. The molecule has 0 spiro atoms. The highest BCUT2D eigenvalue weighted by Crippen LogP contribution is 2.29. The topological polar surface area (TPSA) is 95.5 Å².